The van der Waals surface area contributed by atoms with Gasteiger partial charge in [0.25, 0.3) is 5.91 Å². The quantitative estimate of drug-likeness (QED) is 0.528. The van der Waals surface area contributed by atoms with Crippen molar-refractivity contribution in [3.8, 4) is 17.0 Å². The number of fused-ring (bicyclic) bond motifs is 1. The zero-order valence-electron chi connectivity index (χ0n) is 16.1. The van der Waals surface area contributed by atoms with Gasteiger partial charge in [0, 0.05) is 36.6 Å². The average Bonchev–Trinajstić information content (AvgIpc) is 3.18. The van der Waals surface area contributed by atoms with Gasteiger partial charge in [0.05, 0.1) is 5.69 Å². The second kappa shape index (κ2) is 8.16. The van der Waals surface area contributed by atoms with Crippen LogP contribution in [0.2, 0.25) is 0 Å². The first kappa shape index (κ1) is 18.7. The summed E-state index contributed by atoms with van der Waals surface area (Å²) < 4.78 is 7.54. The van der Waals surface area contributed by atoms with Crippen LogP contribution in [-0.2, 0) is 7.05 Å². The lowest BCUT2D eigenvalue weighted by Gasteiger charge is -2.14. The second-order valence-electron chi connectivity index (χ2n) is 6.70. The Balaban J connectivity index is 1.64. The highest BCUT2D eigenvalue weighted by molar-refractivity contribution is 6.06. The summed E-state index contributed by atoms with van der Waals surface area (Å²) in [5, 5.41) is 9.34. The summed E-state index contributed by atoms with van der Waals surface area (Å²) >= 11 is 0. The molecule has 0 bridgehead atoms. The number of nitrogens with zero attached hydrogens (tertiary/aromatic N) is 2. The van der Waals surface area contributed by atoms with E-state index in [1.807, 2.05) is 73.8 Å². The van der Waals surface area contributed by atoms with E-state index < -0.39 is 0 Å². The Morgan fingerprint density at radius 2 is 1.90 bits per heavy atom. The molecular formula is C23H22N4O2. The number of carbonyl (C=O) groups is 1. The fourth-order valence-electron chi connectivity index (χ4n) is 3.27. The predicted molar refractivity (Wildman–Crippen MR) is 115 cm³/mol. The smallest absolute Gasteiger partial charge is 0.255 e. The molecule has 0 saturated heterocycles. The Morgan fingerprint density at radius 1 is 1.07 bits per heavy atom. The van der Waals surface area contributed by atoms with Crippen LogP contribution in [0.25, 0.3) is 22.0 Å². The van der Waals surface area contributed by atoms with Crippen molar-refractivity contribution in [2.45, 2.75) is 0 Å². The molecule has 0 saturated carbocycles. The molecule has 0 unspecified atom stereocenters. The van der Waals surface area contributed by atoms with E-state index >= 15 is 0 Å². The van der Waals surface area contributed by atoms with Gasteiger partial charge in [-0.05, 0) is 47.2 Å². The third-order valence-corrected chi connectivity index (χ3v) is 4.72. The van der Waals surface area contributed by atoms with E-state index in [9.17, 15) is 4.79 Å². The minimum Gasteiger partial charge on any atom is -0.492 e. The van der Waals surface area contributed by atoms with E-state index in [1.165, 1.54) is 0 Å². The molecule has 4 rings (SSSR count). The lowest BCUT2D eigenvalue weighted by Crippen LogP contribution is -2.13. The predicted octanol–water partition coefficient (Wildman–Crippen LogP) is 3.83. The summed E-state index contributed by atoms with van der Waals surface area (Å²) in [5.74, 6) is 0.532. The van der Waals surface area contributed by atoms with Crippen molar-refractivity contribution in [2.75, 3.05) is 18.5 Å². The Bertz CT molecular complexity index is 1170. The second-order valence-corrected chi connectivity index (χ2v) is 6.70. The van der Waals surface area contributed by atoms with Crippen molar-refractivity contribution < 1.29 is 9.53 Å². The number of aryl methyl sites for hydroxylation is 1. The number of rotatable bonds is 6. The van der Waals surface area contributed by atoms with Crippen LogP contribution in [0.3, 0.4) is 0 Å². The Kier molecular flexibility index (Phi) is 5.27. The number of hydrogen-bond acceptors (Lipinski definition) is 4. The minimum absolute atomic E-state index is 0.165. The topological polar surface area (TPSA) is 82.2 Å². The number of benzene rings is 3. The fraction of sp³-hybridized carbons (Fsp3) is 0.130. The molecule has 6 heteroatoms. The summed E-state index contributed by atoms with van der Waals surface area (Å²) in [6.45, 7) is 0.832. The number of anilines is 1. The minimum atomic E-state index is -0.165. The van der Waals surface area contributed by atoms with Crippen molar-refractivity contribution >= 4 is 22.4 Å². The lowest BCUT2D eigenvalue weighted by atomic mass is 10.1. The third kappa shape index (κ3) is 3.97. The van der Waals surface area contributed by atoms with Gasteiger partial charge in [0.15, 0.2) is 0 Å². The average molecular weight is 386 g/mol. The van der Waals surface area contributed by atoms with Gasteiger partial charge in [-0.1, -0.05) is 30.3 Å². The summed E-state index contributed by atoms with van der Waals surface area (Å²) in [4.78, 5) is 12.8. The number of aromatic nitrogens is 2. The Labute approximate surface area is 168 Å². The van der Waals surface area contributed by atoms with Crippen LogP contribution in [0, 0.1) is 0 Å². The number of nitrogens with two attached hydrogens (primary N) is 1. The number of carbonyl (C=O) groups excluding carboxylic acids is 1. The van der Waals surface area contributed by atoms with Gasteiger partial charge in [-0.25, -0.2) is 0 Å². The van der Waals surface area contributed by atoms with E-state index in [1.54, 1.807) is 10.9 Å². The SMILES string of the molecule is Cn1nccc1-c1cc(NC(=O)c2ccc3ccccc3c2)ccc1OCCN. The summed E-state index contributed by atoms with van der Waals surface area (Å²) in [7, 11) is 1.86. The third-order valence-electron chi connectivity index (χ3n) is 4.72. The van der Waals surface area contributed by atoms with Crippen LogP contribution >= 0.6 is 0 Å². The van der Waals surface area contributed by atoms with Gasteiger partial charge in [0.2, 0.25) is 0 Å². The van der Waals surface area contributed by atoms with Crippen molar-refractivity contribution in [2.24, 2.45) is 12.8 Å². The van der Waals surface area contributed by atoms with Crippen molar-refractivity contribution in [3.05, 3.63) is 78.5 Å². The molecule has 0 aliphatic carbocycles. The summed E-state index contributed by atoms with van der Waals surface area (Å²) in [6, 6.07) is 21.1. The first-order valence-electron chi connectivity index (χ1n) is 9.41. The molecule has 4 aromatic rings. The maximum atomic E-state index is 12.8. The highest BCUT2D eigenvalue weighted by Crippen LogP contribution is 2.32. The largest absolute Gasteiger partial charge is 0.492 e. The summed E-state index contributed by atoms with van der Waals surface area (Å²) in [6.07, 6.45) is 1.72. The molecule has 0 radical (unpaired) electrons. The van der Waals surface area contributed by atoms with Crippen LogP contribution in [-0.4, -0.2) is 28.8 Å². The van der Waals surface area contributed by atoms with E-state index in [2.05, 4.69) is 10.4 Å². The van der Waals surface area contributed by atoms with Crippen LogP contribution in [0.1, 0.15) is 10.4 Å². The standard InChI is InChI=1S/C23H22N4O2/c1-27-21(10-12-25-27)20-15-19(8-9-22(20)29-13-11-24)26-23(28)18-7-6-16-4-2-3-5-17(16)14-18/h2-10,12,14-15H,11,13,24H2,1H3,(H,26,28). The number of nitrogens with one attached hydrogen (secondary N) is 1. The fourth-order valence-corrected chi connectivity index (χ4v) is 3.27. The molecular weight excluding hydrogens is 364 g/mol. The first-order valence-corrected chi connectivity index (χ1v) is 9.41. The number of amides is 1. The molecule has 3 aromatic carbocycles. The van der Waals surface area contributed by atoms with Gasteiger partial charge < -0.3 is 15.8 Å². The molecule has 0 aliphatic rings. The molecule has 3 N–H and O–H groups in total. The molecule has 1 amide bonds. The van der Waals surface area contributed by atoms with Crippen LogP contribution in [0.4, 0.5) is 5.69 Å². The highest BCUT2D eigenvalue weighted by atomic mass is 16.5. The van der Waals surface area contributed by atoms with Gasteiger partial charge in [0.1, 0.15) is 12.4 Å². The van der Waals surface area contributed by atoms with Gasteiger partial charge >= 0.3 is 0 Å². The molecule has 0 atom stereocenters. The summed E-state index contributed by atoms with van der Waals surface area (Å²) in [5.41, 5.74) is 8.59. The van der Waals surface area contributed by atoms with Crippen LogP contribution < -0.4 is 15.8 Å². The Morgan fingerprint density at radius 3 is 2.66 bits per heavy atom. The molecule has 0 aliphatic heterocycles. The van der Waals surface area contributed by atoms with Crippen molar-refractivity contribution in [3.63, 3.8) is 0 Å². The monoisotopic (exact) mass is 386 g/mol. The van der Waals surface area contributed by atoms with Crippen LogP contribution in [0.15, 0.2) is 72.9 Å². The Hall–Kier alpha value is -3.64. The molecule has 29 heavy (non-hydrogen) atoms. The number of hydrogen-bond donors (Lipinski definition) is 2. The maximum absolute atomic E-state index is 12.8. The van der Waals surface area contributed by atoms with Crippen molar-refractivity contribution in [1.29, 1.82) is 0 Å². The normalized spacial score (nSPS) is 10.8. The molecule has 0 spiro atoms. The van der Waals surface area contributed by atoms with Crippen LogP contribution in [0.5, 0.6) is 5.75 Å². The van der Waals surface area contributed by atoms with Gasteiger partial charge in [-0.3, -0.25) is 9.48 Å². The molecule has 0 fully saturated rings. The zero-order valence-corrected chi connectivity index (χ0v) is 16.1. The number of ether oxygens (including phenoxy) is 1. The molecule has 1 aromatic heterocycles. The maximum Gasteiger partial charge on any atom is 0.255 e. The first-order chi connectivity index (χ1) is 14.2. The molecule has 1 heterocycles. The zero-order chi connectivity index (χ0) is 20.2. The van der Waals surface area contributed by atoms with Gasteiger partial charge in [-0.15, -0.1) is 0 Å². The molecule has 6 nitrogen and oxygen atoms in total. The highest BCUT2D eigenvalue weighted by Gasteiger charge is 2.13. The van der Waals surface area contributed by atoms with E-state index in [0.717, 1.165) is 22.0 Å². The van der Waals surface area contributed by atoms with E-state index in [0.29, 0.717) is 30.2 Å². The lowest BCUT2D eigenvalue weighted by molar-refractivity contribution is 0.102. The van der Waals surface area contributed by atoms with E-state index in [4.69, 9.17) is 10.5 Å². The van der Waals surface area contributed by atoms with Gasteiger partial charge in [-0.2, -0.15) is 5.10 Å². The van der Waals surface area contributed by atoms with Crippen molar-refractivity contribution in [1.82, 2.24) is 9.78 Å². The van der Waals surface area contributed by atoms with E-state index in [-0.39, 0.29) is 5.91 Å². The molecule has 146 valence electrons.